The van der Waals surface area contributed by atoms with Gasteiger partial charge in [-0.3, -0.25) is 14.9 Å². The van der Waals surface area contributed by atoms with Gasteiger partial charge in [0.2, 0.25) is 0 Å². The van der Waals surface area contributed by atoms with Gasteiger partial charge in [-0.1, -0.05) is 47.6 Å². The number of carbonyl (C=O) groups is 1. The molecule has 1 fully saturated rings. The summed E-state index contributed by atoms with van der Waals surface area (Å²) in [6.45, 7) is 1.85. The highest BCUT2D eigenvalue weighted by atomic mass is 35.5. The van der Waals surface area contributed by atoms with E-state index in [4.69, 9.17) is 11.6 Å². The Morgan fingerprint density at radius 3 is 2.80 bits per heavy atom. The molecule has 7 nitrogen and oxygen atoms in total. The molecule has 0 unspecified atom stereocenters. The number of carbonyl (C=O) groups excluding carboxylic acids is 1. The number of para-hydroxylation sites is 1. The molecule has 1 saturated heterocycles. The van der Waals surface area contributed by atoms with Crippen molar-refractivity contribution in [3.8, 4) is 0 Å². The van der Waals surface area contributed by atoms with E-state index in [1.807, 2.05) is 37.3 Å². The summed E-state index contributed by atoms with van der Waals surface area (Å²) in [7, 11) is 0. The Morgan fingerprint density at radius 2 is 2.00 bits per heavy atom. The van der Waals surface area contributed by atoms with Crippen molar-refractivity contribution in [3.63, 3.8) is 0 Å². The molecule has 2 heterocycles. The highest BCUT2D eigenvalue weighted by Crippen LogP contribution is 2.39. The number of halogens is 1. The number of amidine groups is 1. The average molecular weight is 539 g/mol. The van der Waals surface area contributed by atoms with Gasteiger partial charge in [-0.05, 0) is 66.2 Å². The first kappa shape index (κ1) is 23.6. The number of aliphatic imine (C=N–C) groups is 1. The van der Waals surface area contributed by atoms with Crippen molar-refractivity contribution in [3.05, 3.63) is 91.8 Å². The van der Waals surface area contributed by atoms with Crippen LogP contribution in [-0.4, -0.2) is 21.0 Å². The number of nitro benzene ring substituents is 1. The van der Waals surface area contributed by atoms with E-state index in [0.29, 0.717) is 31.2 Å². The van der Waals surface area contributed by atoms with Crippen LogP contribution in [0.25, 0.3) is 16.3 Å². The molecule has 0 aliphatic carbocycles. The van der Waals surface area contributed by atoms with Crippen molar-refractivity contribution < 1.29 is 9.72 Å². The number of amides is 1. The normalized spacial score (nSPS) is 15.8. The standard InChI is InChI=1S/C24H15ClN4O3S3/c1-13-15(25)5-4-7-16(13)26-23-28-22(30)21(33-23)12-14-9-10-20(18(11-14)29(31)32)35-24-27-17-6-2-3-8-19(17)34-24/h2-12H,1H3,(H,26,28,30)/b21-12-. The number of thioether (sulfide) groups is 1. The molecule has 174 valence electrons. The maximum atomic E-state index is 12.5. The van der Waals surface area contributed by atoms with E-state index in [-0.39, 0.29) is 11.6 Å². The molecule has 1 aliphatic heterocycles. The fourth-order valence-corrected chi connectivity index (χ4v) is 6.41. The van der Waals surface area contributed by atoms with Crippen molar-refractivity contribution in [2.75, 3.05) is 0 Å². The van der Waals surface area contributed by atoms with Gasteiger partial charge >= 0.3 is 0 Å². The van der Waals surface area contributed by atoms with Crippen molar-refractivity contribution in [2.24, 2.45) is 4.99 Å². The number of rotatable bonds is 5. The summed E-state index contributed by atoms with van der Waals surface area (Å²) in [6, 6.07) is 18.0. The van der Waals surface area contributed by atoms with Crippen molar-refractivity contribution in [2.45, 2.75) is 16.2 Å². The van der Waals surface area contributed by atoms with E-state index < -0.39 is 4.92 Å². The lowest BCUT2D eigenvalue weighted by Gasteiger charge is -2.03. The van der Waals surface area contributed by atoms with Crippen LogP contribution >= 0.6 is 46.5 Å². The first-order valence-electron chi connectivity index (χ1n) is 10.2. The number of nitrogens with one attached hydrogen (secondary N) is 1. The van der Waals surface area contributed by atoms with Crippen LogP contribution in [0.2, 0.25) is 5.02 Å². The molecule has 4 aromatic rings. The lowest BCUT2D eigenvalue weighted by molar-refractivity contribution is -0.387. The Morgan fingerprint density at radius 1 is 1.17 bits per heavy atom. The highest BCUT2D eigenvalue weighted by molar-refractivity contribution is 8.18. The van der Waals surface area contributed by atoms with Crippen molar-refractivity contribution in [1.82, 2.24) is 10.3 Å². The second-order valence-corrected chi connectivity index (χ2v) is 11.2. The fourth-order valence-electron chi connectivity index (χ4n) is 3.30. The quantitative estimate of drug-likeness (QED) is 0.164. The van der Waals surface area contributed by atoms with Crippen LogP contribution in [0.15, 0.2) is 79.8 Å². The van der Waals surface area contributed by atoms with E-state index in [1.165, 1.54) is 40.9 Å². The van der Waals surface area contributed by atoms with Gasteiger partial charge in [0.05, 0.1) is 30.6 Å². The number of nitrogens with zero attached hydrogens (tertiary/aromatic N) is 3. The largest absolute Gasteiger partial charge is 0.300 e. The molecule has 1 aromatic heterocycles. The predicted octanol–water partition coefficient (Wildman–Crippen LogP) is 7.21. The molecule has 0 atom stereocenters. The molecule has 0 radical (unpaired) electrons. The van der Waals surface area contributed by atoms with Gasteiger partial charge in [-0.25, -0.2) is 9.98 Å². The van der Waals surface area contributed by atoms with Crippen LogP contribution in [-0.2, 0) is 4.79 Å². The molecular formula is C24H15ClN4O3S3. The predicted molar refractivity (Wildman–Crippen MR) is 144 cm³/mol. The smallest absolute Gasteiger partial charge is 0.283 e. The van der Waals surface area contributed by atoms with Crippen molar-refractivity contribution in [1.29, 1.82) is 0 Å². The molecule has 0 spiro atoms. The third-order valence-electron chi connectivity index (χ3n) is 5.06. The van der Waals surface area contributed by atoms with Gasteiger partial charge in [0.1, 0.15) is 0 Å². The molecule has 1 aliphatic rings. The average Bonchev–Trinajstić information content (AvgIpc) is 3.39. The molecule has 35 heavy (non-hydrogen) atoms. The Labute approximate surface area is 217 Å². The highest BCUT2D eigenvalue weighted by Gasteiger charge is 2.25. The summed E-state index contributed by atoms with van der Waals surface area (Å²) in [5.41, 5.74) is 2.83. The van der Waals surface area contributed by atoms with Gasteiger partial charge in [-0.15, -0.1) is 11.3 Å². The fraction of sp³-hybridized carbons (Fsp3) is 0.0417. The van der Waals surface area contributed by atoms with E-state index in [0.717, 1.165) is 20.1 Å². The summed E-state index contributed by atoms with van der Waals surface area (Å²) in [4.78, 5) is 33.8. The molecule has 11 heteroatoms. The van der Waals surface area contributed by atoms with Gasteiger partial charge in [0.25, 0.3) is 11.6 Å². The van der Waals surface area contributed by atoms with E-state index in [1.54, 1.807) is 30.3 Å². The van der Waals surface area contributed by atoms with Gasteiger partial charge in [0.15, 0.2) is 9.51 Å². The summed E-state index contributed by atoms with van der Waals surface area (Å²) in [5, 5.41) is 15.5. The van der Waals surface area contributed by atoms with Gasteiger partial charge in [0, 0.05) is 11.1 Å². The number of hydrogen-bond donors (Lipinski definition) is 1. The number of fused-ring (bicyclic) bond motifs is 1. The third kappa shape index (κ3) is 5.10. The summed E-state index contributed by atoms with van der Waals surface area (Å²) < 4.78 is 1.75. The SMILES string of the molecule is Cc1c(Cl)cccc1N=C1NC(=O)/C(=C/c2ccc(Sc3nc4ccccc4s3)c([N+](=O)[O-])c2)S1. The molecule has 1 amide bonds. The van der Waals surface area contributed by atoms with Crippen LogP contribution in [0.5, 0.6) is 0 Å². The van der Waals surface area contributed by atoms with E-state index >= 15 is 0 Å². The lowest BCUT2D eigenvalue weighted by Crippen LogP contribution is -2.19. The van der Waals surface area contributed by atoms with Gasteiger partial charge < -0.3 is 5.32 Å². The number of hydrogen-bond acceptors (Lipinski definition) is 8. The number of aromatic nitrogens is 1. The van der Waals surface area contributed by atoms with Crippen LogP contribution in [0.1, 0.15) is 11.1 Å². The zero-order valence-electron chi connectivity index (χ0n) is 18.0. The second kappa shape index (κ2) is 9.82. The molecule has 1 N–H and O–H groups in total. The summed E-state index contributed by atoms with van der Waals surface area (Å²) in [6.07, 6.45) is 1.62. The van der Waals surface area contributed by atoms with Crippen LogP contribution in [0, 0.1) is 17.0 Å². The minimum Gasteiger partial charge on any atom is -0.300 e. The molecule has 0 saturated carbocycles. The maximum Gasteiger partial charge on any atom is 0.283 e. The minimum absolute atomic E-state index is 0.0459. The van der Waals surface area contributed by atoms with Crippen LogP contribution in [0.4, 0.5) is 11.4 Å². The zero-order valence-corrected chi connectivity index (χ0v) is 21.2. The topological polar surface area (TPSA) is 97.5 Å². The van der Waals surface area contributed by atoms with Crippen molar-refractivity contribution >= 4 is 85.2 Å². The zero-order chi connectivity index (χ0) is 24.5. The molecule has 0 bridgehead atoms. The Hall–Kier alpha value is -3.18. The van der Waals surface area contributed by atoms with E-state index in [9.17, 15) is 14.9 Å². The molecule has 5 rings (SSSR count). The second-order valence-electron chi connectivity index (χ2n) is 7.40. The number of benzene rings is 3. The molecule has 3 aromatic carbocycles. The van der Waals surface area contributed by atoms with Crippen LogP contribution in [0.3, 0.4) is 0 Å². The minimum atomic E-state index is -0.422. The molecular weight excluding hydrogens is 524 g/mol. The van der Waals surface area contributed by atoms with E-state index in [2.05, 4.69) is 15.3 Å². The summed E-state index contributed by atoms with van der Waals surface area (Å²) in [5.74, 6) is -0.316. The first-order valence-corrected chi connectivity index (χ1v) is 13.1. The number of nitro groups is 1. The first-order chi connectivity index (χ1) is 16.9. The maximum absolute atomic E-state index is 12.5. The summed E-state index contributed by atoms with van der Waals surface area (Å²) >= 11 is 10.1. The third-order valence-corrected chi connectivity index (χ3v) is 8.54. The Balaban J connectivity index is 1.41. The van der Waals surface area contributed by atoms with Gasteiger partial charge in [-0.2, -0.15) is 0 Å². The number of thiazole rings is 1. The van der Waals surface area contributed by atoms with Crippen LogP contribution < -0.4 is 5.32 Å². The Kier molecular flexibility index (Phi) is 6.61. The lowest BCUT2D eigenvalue weighted by atomic mass is 10.2. The Bertz CT molecular complexity index is 1530. The monoisotopic (exact) mass is 538 g/mol.